The molecule has 2 N–H and O–H groups in total. The molecule has 0 saturated heterocycles. The van der Waals surface area contributed by atoms with Crippen molar-refractivity contribution in [3.63, 3.8) is 0 Å². The van der Waals surface area contributed by atoms with Crippen molar-refractivity contribution in [2.24, 2.45) is 0 Å². The van der Waals surface area contributed by atoms with Crippen LogP contribution in [0.2, 0.25) is 5.02 Å². The lowest BCUT2D eigenvalue weighted by atomic mass is 10.2. The molecule has 0 heterocycles. The standard InChI is InChI=1S/C18H18ClN3O7S/c1-11-3-6-14(7-4-11)30(27,28)20-10-17(23)29-12(2)18(24)21-16-9-13(22(25)26)5-8-15(16)19/h3-9,12,20H,10H2,1-2H3,(H,21,24)/t12-/m0/s1. The summed E-state index contributed by atoms with van der Waals surface area (Å²) in [5.41, 5.74) is 0.556. The van der Waals surface area contributed by atoms with E-state index in [1.54, 1.807) is 19.1 Å². The predicted molar refractivity (Wildman–Crippen MR) is 109 cm³/mol. The molecule has 2 aromatic rings. The lowest BCUT2D eigenvalue weighted by Gasteiger charge is -2.14. The summed E-state index contributed by atoms with van der Waals surface area (Å²) in [6, 6.07) is 9.47. The highest BCUT2D eigenvalue weighted by molar-refractivity contribution is 7.89. The highest BCUT2D eigenvalue weighted by Crippen LogP contribution is 2.26. The number of anilines is 1. The minimum atomic E-state index is -3.93. The van der Waals surface area contributed by atoms with E-state index in [1.165, 1.54) is 31.2 Å². The molecule has 0 saturated carbocycles. The summed E-state index contributed by atoms with van der Waals surface area (Å²) in [7, 11) is -3.93. The molecular formula is C18H18ClN3O7S. The number of nitro groups is 1. The average Bonchev–Trinajstić information content (AvgIpc) is 2.68. The van der Waals surface area contributed by atoms with Gasteiger partial charge in [-0.1, -0.05) is 29.3 Å². The molecule has 160 valence electrons. The molecule has 0 bridgehead atoms. The lowest BCUT2D eigenvalue weighted by Crippen LogP contribution is -2.35. The molecule has 0 fully saturated rings. The van der Waals surface area contributed by atoms with Gasteiger partial charge >= 0.3 is 5.97 Å². The molecule has 12 heteroatoms. The number of nitrogens with one attached hydrogen (secondary N) is 2. The summed E-state index contributed by atoms with van der Waals surface area (Å²) in [6.07, 6.45) is -1.31. The molecule has 0 aliphatic carbocycles. The van der Waals surface area contributed by atoms with Gasteiger partial charge in [0.15, 0.2) is 6.10 Å². The fourth-order valence-electron chi connectivity index (χ4n) is 2.20. The van der Waals surface area contributed by atoms with E-state index in [2.05, 4.69) is 10.0 Å². The Balaban J connectivity index is 1.94. The molecule has 2 aromatic carbocycles. The Morgan fingerprint density at radius 2 is 1.83 bits per heavy atom. The lowest BCUT2D eigenvalue weighted by molar-refractivity contribution is -0.384. The molecule has 10 nitrogen and oxygen atoms in total. The summed E-state index contributed by atoms with van der Waals surface area (Å²) in [6.45, 7) is 2.37. The van der Waals surface area contributed by atoms with Crippen LogP contribution in [-0.2, 0) is 24.3 Å². The van der Waals surface area contributed by atoms with Crippen LogP contribution in [0.3, 0.4) is 0 Å². The molecule has 0 unspecified atom stereocenters. The Morgan fingerprint density at radius 1 is 1.20 bits per heavy atom. The first-order valence-corrected chi connectivity index (χ1v) is 10.4. The van der Waals surface area contributed by atoms with Gasteiger partial charge in [0.25, 0.3) is 11.6 Å². The molecule has 0 spiro atoms. The number of amides is 1. The number of non-ortho nitro benzene ring substituents is 1. The van der Waals surface area contributed by atoms with Crippen molar-refractivity contribution in [2.75, 3.05) is 11.9 Å². The molecule has 1 atom stereocenters. The van der Waals surface area contributed by atoms with Gasteiger partial charge in [-0.3, -0.25) is 19.7 Å². The summed E-state index contributed by atoms with van der Waals surface area (Å²) in [4.78, 5) is 34.2. The van der Waals surface area contributed by atoms with Gasteiger partial charge in [0, 0.05) is 12.1 Å². The number of hydrogen-bond acceptors (Lipinski definition) is 7. The van der Waals surface area contributed by atoms with E-state index in [9.17, 15) is 28.1 Å². The van der Waals surface area contributed by atoms with Crippen molar-refractivity contribution in [3.05, 3.63) is 63.2 Å². The molecule has 30 heavy (non-hydrogen) atoms. The van der Waals surface area contributed by atoms with Gasteiger partial charge in [-0.15, -0.1) is 0 Å². The average molecular weight is 456 g/mol. The van der Waals surface area contributed by atoms with Crippen LogP contribution in [0.25, 0.3) is 0 Å². The molecule has 2 rings (SSSR count). The van der Waals surface area contributed by atoms with Crippen molar-refractivity contribution in [1.82, 2.24) is 4.72 Å². The van der Waals surface area contributed by atoms with Crippen LogP contribution in [0, 0.1) is 17.0 Å². The Morgan fingerprint density at radius 3 is 2.43 bits per heavy atom. The van der Waals surface area contributed by atoms with E-state index < -0.39 is 39.5 Å². The molecule has 0 aliphatic rings. The van der Waals surface area contributed by atoms with Gasteiger partial charge in [0.05, 0.1) is 20.5 Å². The highest BCUT2D eigenvalue weighted by Gasteiger charge is 2.22. The summed E-state index contributed by atoms with van der Waals surface area (Å²) >= 11 is 5.90. The van der Waals surface area contributed by atoms with E-state index in [0.717, 1.165) is 11.6 Å². The van der Waals surface area contributed by atoms with Crippen molar-refractivity contribution in [2.45, 2.75) is 24.8 Å². The van der Waals surface area contributed by atoms with Crippen molar-refractivity contribution in [1.29, 1.82) is 0 Å². The third-order valence-electron chi connectivity index (χ3n) is 3.83. The summed E-state index contributed by atoms with van der Waals surface area (Å²) < 4.78 is 31.3. The van der Waals surface area contributed by atoms with Crippen molar-refractivity contribution in [3.8, 4) is 0 Å². The van der Waals surface area contributed by atoms with Crippen LogP contribution < -0.4 is 10.0 Å². The zero-order valence-electron chi connectivity index (χ0n) is 15.9. The Hall–Kier alpha value is -3.02. The largest absolute Gasteiger partial charge is 0.452 e. The number of hydrogen-bond donors (Lipinski definition) is 2. The third kappa shape index (κ3) is 6.24. The normalized spacial score (nSPS) is 12.1. The van der Waals surface area contributed by atoms with E-state index in [4.69, 9.17) is 16.3 Å². The van der Waals surface area contributed by atoms with Crippen molar-refractivity contribution >= 4 is 44.9 Å². The maximum Gasteiger partial charge on any atom is 0.321 e. The topological polar surface area (TPSA) is 145 Å². The SMILES string of the molecule is Cc1ccc(S(=O)(=O)NCC(=O)O[C@@H](C)C(=O)Nc2cc([N+](=O)[O-])ccc2Cl)cc1. The number of ether oxygens (including phenoxy) is 1. The van der Waals surface area contributed by atoms with E-state index in [1.807, 2.05) is 0 Å². The highest BCUT2D eigenvalue weighted by atomic mass is 35.5. The van der Waals surface area contributed by atoms with Gasteiger partial charge in [-0.05, 0) is 32.0 Å². The van der Waals surface area contributed by atoms with E-state index in [-0.39, 0.29) is 21.3 Å². The maximum absolute atomic E-state index is 12.2. The minimum absolute atomic E-state index is 0.0213. The minimum Gasteiger partial charge on any atom is -0.452 e. The predicted octanol–water partition coefficient (Wildman–Crippen LogP) is 2.41. The Kier molecular flexibility index (Phi) is 7.48. The monoisotopic (exact) mass is 455 g/mol. The number of carbonyl (C=O) groups is 2. The zero-order chi connectivity index (χ0) is 22.5. The van der Waals surface area contributed by atoms with Crippen LogP contribution in [0.5, 0.6) is 0 Å². The number of rotatable bonds is 8. The first kappa shape index (κ1) is 23.3. The van der Waals surface area contributed by atoms with Crippen molar-refractivity contribution < 1.29 is 27.7 Å². The number of halogens is 1. The summed E-state index contributed by atoms with van der Waals surface area (Å²) in [5, 5.41) is 13.2. The molecular weight excluding hydrogens is 438 g/mol. The third-order valence-corrected chi connectivity index (χ3v) is 5.58. The Bertz CT molecular complexity index is 1070. The van der Waals surface area contributed by atoms with E-state index in [0.29, 0.717) is 0 Å². The first-order chi connectivity index (χ1) is 14.0. The van der Waals surface area contributed by atoms with Gasteiger partial charge < -0.3 is 10.1 Å². The first-order valence-electron chi connectivity index (χ1n) is 8.50. The number of nitrogens with zero attached hydrogens (tertiary/aromatic N) is 1. The Labute approximate surface area is 177 Å². The van der Waals surface area contributed by atoms with Crippen LogP contribution in [0.1, 0.15) is 12.5 Å². The second-order valence-corrected chi connectivity index (χ2v) is 8.35. The van der Waals surface area contributed by atoms with Gasteiger partial charge in [0.1, 0.15) is 6.54 Å². The fraction of sp³-hybridized carbons (Fsp3) is 0.222. The smallest absolute Gasteiger partial charge is 0.321 e. The number of aryl methyl sites for hydroxylation is 1. The van der Waals surface area contributed by atoms with E-state index >= 15 is 0 Å². The van der Waals surface area contributed by atoms with Crippen LogP contribution >= 0.6 is 11.6 Å². The number of carbonyl (C=O) groups excluding carboxylic acids is 2. The van der Waals surface area contributed by atoms with Crippen LogP contribution in [-0.4, -0.2) is 37.9 Å². The molecule has 0 aromatic heterocycles. The van der Waals surface area contributed by atoms with Gasteiger partial charge in [0.2, 0.25) is 10.0 Å². The quantitative estimate of drug-likeness (QED) is 0.353. The maximum atomic E-state index is 12.2. The number of esters is 1. The number of nitro benzene ring substituents is 1. The van der Waals surface area contributed by atoms with Gasteiger partial charge in [-0.25, -0.2) is 8.42 Å². The summed E-state index contributed by atoms with van der Waals surface area (Å²) in [5.74, 6) is -1.79. The second kappa shape index (κ2) is 9.65. The van der Waals surface area contributed by atoms with Crippen LogP contribution in [0.4, 0.5) is 11.4 Å². The van der Waals surface area contributed by atoms with Gasteiger partial charge in [-0.2, -0.15) is 4.72 Å². The second-order valence-electron chi connectivity index (χ2n) is 6.18. The zero-order valence-corrected chi connectivity index (χ0v) is 17.5. The number of sulfonamides is 1. The van der Waals surface area contributed by atoms with Crippen LogP contribution in [0.15, 0.2) is 47.4 Å². The molecule has 1 amide bonds. The molecule has 0 radical (unpaired) electrons. The molecule has 0 aliphatic heterocycles. The number of benzene rings is 2. The fourth-order valence-corrected chi connectivity index (χ4v) is 3.34.